The van der Waals surface area contributed by atoms with E-state index in [9.17, 15) is 22.8 Å². The van der Waals surface area contributed by atoms with Gasteiger partial charge in [-0.2, -0.15) is 0 Å². The highest BCUT2D eigenvalue weighted by atomic mass is 19.3. The number of benzene rings is 3. The van der Waals surface area contributed by atoms with Gasteiger partial charge in [0.05, 0.1) is 0 Å². The molecule has 3 aromatic rings. The minimum Gasteiger partial charge on any atom is -0.338 e. The zero-order valence-electron chi connectivity index (χ0n) is 16.7. The number of rotatable bonds is 4. The molecule has 1 fully saturated rings. The Hall–Kier alpha value is -3.41. The number of carbonyl (C=O) groups excluding carboxylic acids is 2. The molecule has 1 saturated heterocycles. The molecule has 0 atom stereocenters. The van der Waals surface area contributed by atoms with Gasteiger partial charge < -0.3 is 4.90 Å². The topological polar surface area (TPSA) is 37.4 Å². The number of nitrogens with zero attached hydrogens (tertiary/aromatic N) is 1. The SMILES string of the molecule is O=Cc1ccc(-c2ccc(C(=O)N3CCC(F)(F)CC3)cc2)cc1-c1ccc(F)cc1. The minimum absolute atomic E-state index is 0.0434. The van der Waals surface area contributed by atoms with Crippen LogP contribution in [0.15, 0.2) is 66.7 Å². The number of amides is 1. The molecule has 0 bridgehead atoms. The fourth-order valence-electron chi connectivity index (χ4n) is 3.74. The Morgan fingerprint density at radius 2 is 1.42 bits per heavy atom. The Kier molecular flexibility index (Phi) is 5.63. The van der Waals surface area contributed by atoms with E-state index in [0.717, 1.165) is 23.0 Å². The van der Waals surface area contributed by atoms with Crippen molar-refractivity contribution >= 4 is 12.2 Å². The standard InChI is InChI=1S/C25H20F3NO2/c26-22-9-7-18(8-10-22)23-15-20(5-6-21(23)16-30)17-1-3-19(4-2-17)24(31)29-13-11-25(27,28)12-14-29/h1-10,15-16H,11-14H2. The molecule has 0 radical (unpaired) electrons. The lowest BCUT2D eigenvalue weighted by atomic mass is 9.94. The number of hydrogen-bond donors (Lipinski definition) is 0. The summed E-state index contributed by atoms with van der Waals surface area (Å²) in [6.45, 7) is 0.0868. The highest BCUT2D eigenvalue weighted by Crippen LogP contribution is 2.31. The molecular formula is C25H20F3NO2. The lowest BCUT2D eigenvalue weighted by molar-refractivity contribution is -0.0494. The maximum absolute atomic E-state index is 13.3. The molecule has 6 heteroatoms. The van der Waals surface area contributed by atoms with E-state index in [2.05, 4.69) is 0 Å². The quantitative estimate of drug-likeness (QED) is 0.494. The summed E-state index contributed by atoms with van der Waals surface area (Å²) in [7, 11) is 0. The maximum Gasteiger partial charge on any atom is 0.253 e. The number of halogens is 3. The molecule has 4 rings (SSSR count). The Balaban J connectivity index is 1.58. The van der Waals surface area contributed by atoms with Gasteiger partial charge in [0.2, 0.25) is 0 Å². The fraction of sp³-hybridized carbons (Fsp3) is 0.200. The van der Waals surface area contributed by atoms with E-state index in [1.165, 1.54) is 17.0 Å². The van der Waals surface area contributed by atoms with Crippen molar-refractivity contribution in [2.24, 2.45) is 0 Å². The Morgan fingerprint density at radius 3 is 2.03 bits per heavy atom. The number of likely N-dealkylation sites (tertiary alicyclic amines) is 1. The number of piperidine rings is 1. The second kappa shape index (κ2) is 8.38. The van der Waals surface area contributed by atoms with Gasteiger partial charge in [-0.1, -0.05) is 36.4 Å². The molecule has 31 heavy (non-hydrogen) atoms. The summed E-state index contributed by atoms with van der Waals surface area (Å²) in [5, 5.41) is 0. The Bertz CT molecular complexity index is 1100. The van der Waals surface area contributed by atoms with Crippen molar-refractivity contribution in [3.8, 4) is 22.3 Å². The minimum atomic E-state index is -2.70. The van der Waals surface area contributed by atoms with E-state index in [4.69, 9.17) is 0 Å². The normalized spacial score (nSPS) is 15.5. The summed E-state index contributed by atoms with van der Waals surface area (Å²) in [5.41, 5.74) is 4.01. The van der Waals surface area contributed by atoms with E-state index in [1.807, 2.05) is 6.07 Å². The van der Waals surface area contributed by atoms with E-state index in [1.54, 1.807) is 48.5 Å². The largest absolute Gasteiger partial charge is 0.338 e. The van der Waals surface area contributed by atoms with Gasteiger partial charge in [-0.3, -0.25) is 9.59 Å². The number of hydrogen-bond acceptors (Lipinski definition) is 2. The van der Waals surface area contributed by atoms with Crippen LogP contribution in [0, 0.1) is 5.82 Å². The van der Waals surface area contributed by atoms with Crippen LogP contribution in [0.3, 0.4) is 0 Å². The molecule has 1 heterocycles. The van der Waals surface area contributed by atoms with Crippen molar-refractivity contribution < 1.29 is 22.8 Å². The summed E-state index contributed by atoms with van der Waals surface area (Å²) in [6.07, 6.45) is 0.129. The van der Waals surface area contributed by atoms with E-state index in [-0.39, 0.29) is 37.7 Å². The first kappa shape index (κ1) is 20.8. The lowest BCUT2D eigenvalue weighted by Gasteiger charge is -2.31. The van der Waals surface area contributed by atoms with Crippen molar-refractivity contribution in [1.29, 1.82) is 0 Å². The van der Waals surface area contributed by atoms with Crippen LogP contribution in [-0.4, -0.2) is 36.1 Å². The number of alkyl halides is 2. The van der Waals surface area contributed by atoms with Crippen molar-refractivity contribution in [3.05, 3.63) is 83.7 Å². The van der Waals surface area contributed by atoms with E-state index < -0.39 is 5.92 Å². The molecule has 0 N–H and O–H groups in total. The van der Waals surface area contributed by atoms with Crippen LogP contribution in [0.2, 0.25) is 0 Å². The van der Waals surface area contributed by atoms with Gasteiger partial charge in [0.15, 0.2) is 6.29 Å². The third-order valence-electron chi connectivity index (χ3n) is 5.58. The average Bonchev–Trinajstić information content (AvgIpc) is 2.79. The van der Waals surface area contributed by atoms with Gasteiger partial charge in [-0.05, 0) is 52.6 Å². The first-order valence-corrected chi connectivity index (χ1v) is 9.99. The Morgan fingerprint density at radius 1 is 0.839 bits per heavy atom. The molecule has 0 unspecified atom stereocenters. The van der Waals surface area contributed by atoms with Crippen molar-refractivity contribution in [2.45, 2.75) is 18.8 Å². The predicted molar refractivity (Wildman–Crippen MR) is 113 cm³/mol. The van der Waals surface area contributed by atoms with Gasteiger partial charge in [0.25, 0.3) is 11.8 Å². The molecule has 0 saturated carbocycles. The second-order valence-electron chi connectivity index (χ2n) is 7.65. The molecular weight excluding hydrogens is 403 g/mol. The molecule has 1 amide bonds. The van der Waals surface area contributed by atoms with Gasteiger partial charge in [0, 0.05) is 37.1 Å². The van der Waals surface area contributed by atoms with Crippen molar-refractivity contribution in [3.63, 3.8) is 0 Å². The zero-order valence-corrected chi connectivity index (χ0v) is 16.7. The first-order chi connectivity index (χ1) is 14.9. The van der Waals surface area contributed by atoms with Crippen LogP contribution in [0.1, 0.15) is 33.6 Å². The first-order valence-electron chi connectivity index (χ1n) is 9.99. The van der Waals surface area contributed by atoms with Crippen LogP contribution in [0.25, 0.3) is 22.3 Å². The summed E-state index contributed by atoms with van der Waals surface area (Å²) < 4.78 is 39.9. The van der Waals surface area contributed by atoms with Crippen LogP contribution >= 0.6 is 0 Å². The lowest BCUT2D eigenvalue weighted by Crippen LogP contribution is -2.42. The molecule has 158 valence electrons. The summed E-state index contributed by atoms with van der Waals surface area (Å²) >= 11 is 0. The smallest absolute Gasteiger partial charge is 0.253 e. The molecule has 0 aromatic heterocycles. The molecule has 3 nitrogen and oxygen atoms in total. The monoisotopic (exact) mass is 423 g/mol. The summed E-state index contributed by atoms with van der Waals surface area (Å²) in [6, 6.07) is 18.2. The second-order valence-corrected chi connectivity index (χ2v) is 7.65. The van der Waals surface area contributed by atoms with Gasteiger partial charge >= 0.3 is 0 Å². The molecule has 0 aliphatic carbocycles. The third-order valence-corrected chi connectivity index (χ3v) is 5.58. The van der Waals surface area contributed by atoms with Gasteiger partial charge in [-0.15, -0.1) is 0 Å². The van der Waals surface area contributed by atoms with E-state index >= 15 is 0 Å². The van der Waals surface area contributed by atoms with Crippen LogP contribution in [0.5, 0.6) is 0 Å². The highest BCUT2D eigenvalue weighted by Gasteiger charge is 2.35. The Labute approximate surface area is 178 Å². The van der Waals surface area contributed by atoms with Gasteiger partial charge in [0.1, 0.15) is 5.82 Å². The molecule has 0 spiro atoms. The molecule has 1 aliphatic rings. The third kappa shape index (κ3) is 4.53. The van der Waals surface area contributed by atoms with Crippen molar-refractivity contribution in [1.82, 2.24) is 4.90 Å². The predicted octanol–water partition coefficient (Wildman–Crippen LogP) is 5.84. The molecule has 1 aliphatic heterocycles. The zero-order chi connectivity index (χ0) is 22.0. The fourth-order valence-corrected chi connectivity index (χ4v) is 3.74. The number of aldehydes is 1. The summed E-state index contributed by atoms with van der Waals surface area (Å²) in [4.78, 5) is 25.5. The van der Waals surface area contributed by atoms with Crippen LogP contribution in [-0.2, 0) is 0 Å². The molecule has 3 aromatic carbocycles. The van der Waals surface area contributed by atoms with Crippen LogP contribution < -0.4 is 0 Å². The number of carbonyl (C=O) groups is 2. The summed E-state index contributed by atoms with van der Waals surface area (Å²) in [5.74, 6) is -3.31. The maximum atomic E-state index is 13.3. The van der Waals surface area contributed by atoms with Crippen molar-refractivity contribution in [2.75, 3.05) is 13.1 Å². The van der Waals surface area contributed by atoms with Crippen LogP contribution in [0.4, 0.5) is 13.2 Å². The highest BCUT2D eigenvalue weighted by molar-refractivity contribution is 5.95. The van der Waals surface area contributed by atoms with Gasteiger partial charge in [-0.25, -0.2) is 13.2 Å². The van der Waals surface area contributed by atoms with E-state index in [0.29, 0.717) is 16.7 Å². The average molecular weight is 423 g/mol.